The number of anilines is 1. The average Bonchev–Trinajstić information content (AvgIpc) is 2.76. The molecule has 1 aromatic heterocycles. The zero-order valence-electron chi connectivity index (χ0n) is 17.0. The summed E-state index contributed by atoms with van der Waals surface area (Å²) in [4.78, 5) is 18.6. The highest BCUT2D eigenvalue weighted by Crippen LogP contribution is 2.33. The lowest BCUT2D eigenvalue weighted by molar-refractivity contribution is 0.0303. The molecule has 0 spiro atoms. The van der Waals surface area contributed by atoms with Gasteiger partial charge >= 0.3 is 0 Å². The first-order valence-corrected chi connectivity index (χ1v) is 9.87. The first-order chi connectivity index (χ1) is 14.0. The van der Waals surface area contributed by atoms with Crippen molar-refractivity contribution in [3.8, 4) is 11.1 Å². The third-order valence-electron chi connectivity index (χ3n) is 4.82. The highest BCUT2D eigenvalue weighted by atomic mass is 19.1. The predicted octanol–water partition coefficient (Wildman–Crippen LogP) is 4.43. The number of carbonyl (C=O) groups excluding carboxylic acids is 1. The second-order valence-corrected chi connectivity index (χ2v) is 6.69. The minimum absolute atomic E-state index is 0.0504. The largest absolute Gasteiger partial charge is 0.383 e. The SMILES string of the molecule is CC.Cc1ccc2nc(N)c(-c3ccc(C(=O)N4CCOCC4)cc3)c(F)c2c1. The number of carbonyl (C=O) groups is 1. The van der Waals surface area contributed by atoms with Crippen LogP contribution in [0.2, 0.25) is 0 Å². The number of pyridine rings is 1. The molecule has 1 fully saturated rings. The van der Waals surface area contributed by atoms with E-state index in [1.165, 1.54) is 0 Å². The summed E-state index contributed by atoms with van der Waals surface area (Å²) in [5.74, 6) is -0.310. The van der Waals surface area contributed by atoms with Gasteiger partial charge in [-0.25, -0.2) is 9.37 Å². The molecule has 6 heteroatoms. The molecule has 0 radical (unpaired) electrons. The van der Waals surface area contributed by atoms with Crippen LogP contribution in [-0.2, 0) is 4.74 Å². The predicted molar refractivity (Wildman–Crippen MR) is 114 cm³/mol. The van der Waals surface area contributed by atoms with E-state index in [0.717, 1.165) is 5.56 Å². The molecule has 0 bridgehead atoms. The Hall–Kier alpha value is -2.99. The Labute approximate surface area is 170 Å². The molecular formula is C23H26FN3O2. The third-order valence-corrected chi connectivity index (χ3v) is 4.82. The summed E-state index contributed by atoms with van der Waals surface area (Å²) in [6.45, 7) is 8.16. The number of hydrogen-bond acceptors (Lipinski definition) is 4. The van der Waals surface area contributed by atoms with Gasteiger partial charge in [0, 0.05) is 24.0 Å². The van der Waals surface area contributed by atoms with Gasteiger partial charge in [0.15, 0.2) is 0 Å². The number of rotatable bonds is 2. The highest BCUT2D eigenvalue weighted by molar-refractivity contribution is 5.95. The van der Waals surface area contributed by atoms with Crippen LogP contribution in [0.4, 0.5) is 10.2 Å². The Morgan fingerprint density at radius 2 is 1.76 bits per heavy atom. The Morgan fingerprint density at radius 1 is 1.10 bits per heavy atom. The summed E-state index contributed by atoms with van der Waals surface area (Å²) in [7, 11) is 0. The maximum Gasteiger partial charge on any atom is 0.254 e. The molecule has 5 nitrogen and oxygen atoms in total. The number of morpholine rings is 1. The molecular weight excluding hydrogens is 369 g/mol. The average molecular weight is 395 g/mol. The number of halogens is 1. The monoisotopic (exact) mass is 395 g/mol. The van der Waals surface area contributed by atoms with Crippen LogP contribution < -0.4 is 5.73 Å². The van der Waals surface area contributed by atoms with Gasteiger partial charge < -0.3 is 15.4 Å². The summed E-state index contributed by atoms with van der Waals surface area (Å²) in [5, 5.41) is 0.438. The molecule has 0 unspecified atom stereocenters. The van der Waals surface area contributed by atoms with Crippen molar-refractivity contribution in [1.82, 2.24) is 9.88 Å². The van der Waals surface area contributed by atoms with E-state index in [1.807, 2.05) is 26.8 Å². The number of nitrogens with two attached hydrogens (primary N) is 1. The van der Waals surface area contributed by atoms with Gasteiger partial charge in [-0.15, -0.1) is 0 Å². The van der Waals surface area contributed by atoms with E-state index in [1.54, 1.807) is 41.3 Å². The lowest BCUT2D eigenvalue weighted by Gasteiger charge is -2.26. The van der Waals surface area contributed by atoms with Crippen molar-refractivity contribution in [2.24, 2.45) is 0 Å². The topological polar surface area (TPSA) is 68.5 Å². The summed E-state index contributed by atoms with van der Waals surface area (Å²) in [5.41, 5.74) is 8.93. The van der Waals surface area contributed by atoms with E-state index >= 15 is 4.39 Å². The molecule has 2 N–H and O–H groups in total. The van der Waals surface area contributed by atoms with Gasteiger partial charge in [0.1, 0.15) is 11.6 Å². The van der Waals surface area contributed by atoms with Crippen LogP contribution in [0, 0.1) is 12.7 Å². The van der Waals surface area contributed by atoms with Crippen molar-refractivity contribution in [3.05, 3.63) is 59.4 Å². The van der Waals surface area contributed by atoms with Crippen molar-refractivity contribution >= 4 is 22.6 Å². The Kier molecular flexibility index (Phi) is 6.44. The number of amides is 1. The Bertz CT molecular complexity index is 1010. The van der Waals surface area contributed by atoms with Gasteiger partial charge in [-0.1, -0.05) is 37.6 Å². The third kappa shape index (κ3) is 4.22. The molecule has 1 aliphatic rings. The zero-order valence-corrected chi connectivity index (χ0v) is 17.0. The molecule has 0 saturated carbocycles. The van der Waals surface area contributed by atoms with E-state index < -0.39 is 5.82 Å². The van der Waals surface area contributed by atoms with Gasteiger partial charge in [-0.3, -0.25) is 4.79 Å². The summed E-state index contributed by atoms with van der Waals surface area (Å²) < 4.78 is 20.4. The standard InChI is InChI=1S/C21H20FN3O2.C2H6/c1-13-2-7-17-16(12-13)19(22)18(20(23)24-17)14-3-5-15(6-4-14)21(26)25-8-10-27-11-9-25;1-2/h2-7,12H,8-11H2,1H3,(H2,23,24);1-2H3. The maximum atomic E-state index is 15.1. The number of aryl methyl sites for hydroxylation is 1. The second kappa shape index (κ2) is 9.01. The van der Waals surface area contributed by atoms with Crippen molar-refractivity contribution < 1.29 is 13.9 Å². The quantitative estimate of drug-likeness (QED) is 0.697. The molecule has 4 rings (SSSR count). The fourth-order valence-corrected chi connectivity index (χ4v) is 3.36. The fourth-order valence-electron chi connectivity index (χ4n) is 3.36. The molecule has 1 amide bonds. The molecule has 1 aliphatic heterocycles. The number of nitrogen functional groups attached to an aromatic ring is 1. The number of benzene rings is 2. The van der Waals surface area contributed by atoms with Crippen LogP contribution in [0.3, 0.4) is 0 Å². The van der Waals surface area contributed by atoms with E-state index in [0.29, 0.717) is 48.3 Å². The van der Waals surface area contributed by atoms with Crippen molar-refractivity contribution in [2.75, 3.05) is 32.0 Å². The smallest absolute Gasteiger partial charge is 0.254 e. The van der Waals surface area contributed by atoms with E-state index in [9.17, 15) is 4.79 Å². The lowest BCUT2D eigenvalue weighted by Crippen LogP contribution is -2.40. The van der Waals surface area contributed by atoms with Gasteiger partial charge in [0.05, 0.1) is 24.3 Å². The number of hydrogen-bond donors (Lipinski definition) is 1. The Morgan fingerprint density at radius 3 is 2.41 bits per heavy atom. The summed E-state index contributed by atoms with van der Waals surface area (Å²) in [6, 6.07) is 12.2. The van der Waals surface area contributed by atoms with Crippen LogP contribution in [0.5, 0.6) is 0 Å². The number of fused-ring (bicyclic) bond motifs is 1. The summed E-state index contributed by atoms with van der Waals surface area (Å²) in [6.07, 6.45) is 0. The van der Waals surface area contributed by atoms with E-state index in [-0.39, 0.29) is 17.3 Å². The fraction of sp³-hybridized carbons (Fsp3) is 0.304. The number of nitrogens with zero attached hydrogens (tertiary/aromatic N) is 2. The molecule has 1 saturated heterocycles. The zero-order chi connectivity index (χ0) is 21.0. The van der Waals surface area contributed by atoms with Crippen molar-refractivity contribution in [2.45, 2.75) is 20.8 Å². The minimum Gasteiger partial charge on any atom is -0.383 e. The Balaban J connectivity index is 0.00000117. The molecule has 0 atom stereocenters. The number of aromatic nitrogens is 1. The first kappa shape index (κ1) is 20.7. The van der Waals surface area contributed by atoms with Crippen LogP contribution in [0.1, 0.15) is 29.8 Å². The highest BCUT2D eigenvalue weighted by Gasteiger charge is 2.20. The van der Waals surface area contributed by atoms with Gasteiger partial charge in [-0.2, -0.15) is 0 Å². The lowest BCUT2D eigenvalue weighted by atomic mass is 10.0. The molecule has 152 valence electrons. The first-order valence-electron chi connectivity index (χ1n) is 9.87. The van der Waals surface area contributed by atoms with Gasteiger partial charge in [0.25, 0.3) is 5.91 Å². The minimum atomic E-state index is -0.395. The normalized spacial score (nSPS) is 13.7. The summed E-state index contributed by atoms with van der Waals surface area (Å²) >= 11 is 0. The molecule has 3 aromatic rings. The van der Waals surface area contributed by atoms with Crippen molar-refractivity contribution in [3.63, 3.8) is 0 Å². The van der Waals surface area contributed by atoms with Crippen LogP contribution >= 0.6 is 0 Å². The van der Waals surface area contributed by atoms with Crippen LogP contribution in [-0.4, -0.2) is 42.1 Å². The molecule has 29 heavy (non-hydrogen) atoms. The van der Waals surface area contributed by atoms with E-state index in [2.05, 4.69) is 4.98 Å². The molecule has 2 aromatic carbocycles. The van der Waals surface area contributed by atoms with Crippen LogP contribution in [0.25, 0.3) is 22.0 Å². The maximum absolute atomic E-state index is 15.1. The number of ether oxygens (including phenoxy) is 1. The second-order valence-electron chi connectivity index (χ2n) is 6.69. The van der Waals surface area contributed by atoms with Crippen molar-refractivity contribution in [1.29, 1.82) is 0 Å². The van der Waals surface area contributed by atoms with E-state index in [4.69, 9.17) is 10.5 Å². The van der Waals surface area contributed by atoms with Gasteiger partial charge in [0.2, 0.25) is 0 Å². The van der Waals surface area contributed by atoms with Gasteiger partial charge in [-0.05, 0) is 36.8 Å². The molecule has 0 aliphatic carbocycles. The molecule has 2 heterocycles. The van der Waals surface area contributed by atoms with Crippen LogP contribution in [0.15, 0.2) is 42.5 Å².